The predicted octanol–water partition coefficient (Wildman–Crippen LogP) is 2.04. The number of amides is 1. The number of para-hydroxylation sites is 1. The fourth-order valence-corrected chi connectivity index (χ4v) is 1.74. The van der Waals surface area contributed by atoms with E-state index in [9.17, 15) is 4.79 Å². The zero-order chi connectivity index (χ0) is 13.5. The van der Waals surface area contributed by atoms with E-state index in [0.717, 1.165) is 12.8 Å². The highest BCUT2D eigenvalue weighted by Gasteiger charge is 2.13. The smallest absolute Gasteiger partial charge is 0.226 e. The molecule has 0 aliphatic rings. The third-order valence-corrected chi connectivity index (χ3v) is 2.81. The fourth-order valence-electron chi connectivity index (χ4n) is 1.74. The van der Waals surface area contributed by atoms with Gasteiger partial charge in [-0.25, -0.2) is 0 Å². The molecule has 1 rings (SSSR count). The van der Waals surface area contributed by atoms with Gasteiger partial charge in [-0.05, 0) is 31.9 Å². The summed E-state index contributed by atoms with van der Waals surface area (Å²) in [5.41, 5.74) is 6.82. The second-order valence-electron chi connectivity index (χ2n) is 4.45. The summed E-state index contributed by atoms with van der Waals surface area (Å²) in [7, 11) is 1.70. The summed E-state index contributed by atoms with van der Waals surface area (Å²) in [4.78, 5) is 13.5. The number of nitrogens with zero attached hydrogens (tertiary/aromatic N) is 2. The summed E-state index contributed by atoms with van der Waals surface area (Å²) in [6.45, 7) is 1.93. The molecule has 1 unspecified atom stereocenters. The summed E-state index contributed by atoms with van der Waals surface area (Å²) in [6, 6.07) is 9.31. The first kappa shape index (κ1) is 14.2. The van der Waals surface area contributed by atoms with Gasteiger partial charge >= 0.3 is 0 Å². The average Bonchev–Trinajstić information content (AvgIpc) is 2.37. The highest BCUT2D eigenvalue weighted by molar-refractivity contribution is 5.94. The molecular formula is C14H19N3O. The third kappa shape index (κ3) is 3.86. The van der Waals surface area contributed by atoms with Gasteiger partial charge in [0.25, 0.3) is 0 Å². The molecule has 0 saturated heterocycles. The van der Waals surface area contributed by atoms with Gasteiger partial charge in [0.15, 0.2) is 0 Å². The molecule has 1 aromatic carbocycles. The molecule has 0 radical (unpaired) electrons. The number of rotatable bonds is 5. The molecule has 4 heteroatoms. The second kappa shape index (κ2) is 6.77. The Balaban J connectivity index is 2.66. The minimum absolute atomic E-state index is 0.0124. The van der Waals surface area contributed by atoms with Crippen LogP contribution in [-0.4, -0.2) is 19.0 Å². The SMILES string of the molecule is CC(N)CCCC(=O)N(C)c1ccccc1C#N. The molecule has 0 fully saturated rings. The lowest BCUT2D eigenvalue weighted by Crippen LogP contribution is -2.27. The molecule has 96 valence electrons. The van der Waals surface area contributed by atoms with E-state index in [2.05, 4.69) is 6.07 Å². The van der Waals surface area contributed by atoms with Crippen molar-refractivity contribution in [2.75, 3.05) is 11.9 Å². The Kier molecular flexibility index (Phi) is 5.34. The molecule has 4 nitrogen and oxygen atoms in total. The number of hydrogen-bond acceptors (Lipinski definition) is 3. The molecule has 18 heavy (non-hydrogen) atoms. The molecular weight excluding hydrogens is 226 g/mol. The van der Waals surface area contributed by atoms with Crippen LogP contribution in [0.3, 0.4) is 0 Å². The molecule has 0 aliphatic heterocycles. The van der Waals surface area contributed by atoms with Gasteiger partial charge in [0.05, 0.1) is 11.3 Å². The Hall–Kier alpha value is -1.86. The number of carbonyl (C=O) groups is 1. The van der Waals surface area contributed by atoms with Crippen molar-refractivity contribution in [1.29, 1.82) is 5.26 Å². The van der Waals surface area contributed by atoms with Crippen molar-refractivity contribution >= 4 is 11.6 Å². The average molecular weight is 245 g/mol. The molecule has 0 spiro atoms. The molecule has 0 saturated carbocycles. The standard InChI is InChI=1S/C14H19N3O/c1-11(16)6-5-9-14(18)17(2)13-8-4-3-7-12(13)10-15/h3-4,7-8,11H,5-6,9,16H2,1-2H3. The van der Waals surface area contributed by atoms with Gasteiger partial charge in [-0.1, -0.05) is 12.1 Å². The van der Waals surface area contributed by atoms with Gasteiger partial charge < -0.3 is 10.6 Å². The van der Waals surface area contributed by atoms with Gasteiger partial charge in [-0.15, -0.1) is 0 Å². The van der Waals surface area contributed by atoms with Crippen LogP contribution < -0.4 is 10.6 Å². The van der Waals surface area contributed by atoms with Gasteiger partial charge in [0.1, 0.15) is 6.07 Å². The van der Waals surface area contributed by atoms with Crippen LogP contribution in [-0.2, 0) is 4.79 Å². The molecule has 0 aliphatic carbocycles. The number of carbonyl (C=O) groups excluding carboxylic acids is 1. The van der Waals surface area contributed by atoms with E-state index in [-0.39, 0.29) is 11.9 Å². The van der Waals surface area contributed by atoms with Crippen LogP contribution in [0.15, 0.2) is 24.3 Å². The summed E-state index contributed by atoms with van der Waals surface area (Å²) in [5.74, 6) is 0.0124. The van der Waals surface area contributed by atoms with Crippen molar-refractivity contribution < 1.29 is 4.79 Å². The molecule has 2 N–H and O–H groups in total. The molecule has 0 aromatic heterocycles. The Morgan fingerprint density at radius 2 is 2.17 bits per heavy atom. The largest absolute Gasteiger partial charge is 0.328 e. The minimum atomic E-state index is 0.0124. The van der Waals surface area contributed by atoms with Gasteiger partial charge in [-0.3, -0.25) is 4.79 Å². The van der Waals surface area contributed by atoms with Crippen molar-refractivity contribution in [2.45, 2.75) is 32.2 Å². The number of nitriles is 1. The maximum absolute atomic E-state index is 12.0. The van der Waals surface area contributed by atoms with Crippen molar-refractivity contribution in [3.63, 3.8) is 0 Å². The first-order valence-electron chi connectivity index (χ1n) is 6.07. The summed E-state index contributed by atoms with van der Waals surface area (Å²) in [5, 5.41) is 8.99. The van der Waals surface area contributed by atoms with Crippen molar-refractivity contribution in [3.8, 4) is 6.07 Å². The minimum Gasteiger partial charge on any atom is -0.328 e. The van der Waals surface area contributed by atoms with Crippen LogP contribution >= 0.6 is 0 Å². The molecule has 0 heterocycles. The Labute approximate surface area is 108 Å². The van der Waals surface area contributed by atoms with Crippen molar-refractivity contribution in [1.82, 2.24) is 0 Å². The maximum atomic E-state index is 12.0. The Bertz CT molecular complexity index is 449. The molecule has 1 aromatic rings. The van der Waals surface area contributed by atoms with E-state index in [0.29, 0.717) is 17.7 Å². The van der Waals surface area contributed by atoms with Crippen LogP contribution in [0.1, 0.15) is 31.7 Å². The highest BCUT2D eigenvalue weighted by atomic mass is 16.2. The quantitative estimate of drug-likeness (QED) is 0.863. The zero-order valence-electron chi connectivity index (χ0n) is 10.9. The third-order valence-electron chi connectivity index (χ3n) is 2.81. The van der Waals surface area contributed by atoms with Gasteiger partial charge in [0.2, 0.25) is 5.91 Å². The molecule has 1 atom stereocenters. The van der Waals surface area contributed by atoms with E-state index >= 15 is 0 Å². The monoisotopic (exact) mass is 245 g/mol. The maximum Gasteiger partial charge on any atom is 0.226 e. The van der Waals surface area contributed by atoms with Crippen LogP contribution in [0.25, 0.3) is 0 Å². The summed E-state index contributed by atoms with van der Waals surface area (Å²) < 4.78 is 0. The predicted molar refractivity (Wildman–Crippen MR) is 72.1 cm³/mol. The molecule has 0 bridgehead atoms. The number of benzene rings is 1. The zero-order valence-corrected chi connectivity index (χ0v) is 10.9. The van der Waals surface area contributed by atoms with Gasteiger partial charge in [-0.2, -0.15) is 5.26 Å². The second-order valence-corrected chi connectivity index (χ2v) is 4.45. The number of anilines is 1. The van der Waals surface area contributed by atoms with Gasteiger partial charge in [0, 0.05) is 19.5 Å². The van der Waals surface area contributed by atoms with Crippen LogP contribution in [0.4, 0.5) is 5.69 Å². The first-order chi connectivity index (χ1) is 8.56. The van der Waals surface area contributed by atoms with Crippen LogP contribution in [0, 0.1) is 11.3 Å². The Morgan fingerprint density at radius 1 is 1.50 bits per heavy atom. The van der Waals surface area contributed by atoms with Crippen LogP contribution in [0.5, 0.6) is 0 Å². The van der Waals surface area contributed by atoms with E-state index in [4.69, 9.17) is 11.0 Å². The number of nitrogens with two attached hydrogens (primary N) is 1. The van der Waals surface area contributed by atoms with E-state index in [1.54, 1.807) is 30.1 Å². The van der Waals surface area contributed by atoms with Crippen molar-refractivity contribution in [2.24, 2.45) is 5.73 Å². The fraction of sp³-hybridized carbons (Fsp3) is 0.429. The van der Waals surface area contributed by atoms with Crippen LogP contribution in [0.2, 0.25) is 0 Å². The van der Waals surface area contributed by atoms with E-state index < -0.39 is 0 Å². The lowest BCUT2D eigenvalue weighted by molar-refractivity contribution is -0.118. The lowest BCUT2D eigenvalue weighted by atomic mass is 10.1. The summed E-state index contributed by atoms with van der Waals surface area (Å²) in [6.07, 6.45) is 2.06. The van der Waals surface area contributed by atoms with Crippen molar-refractivity contribution in [3.05, 3.63) is 29.8 Å². The highest BCUT2D eigenvalue weighted by Crippen LogP contribution is 2.19. The topological polar surface area (TPSA) is 70.1 Å². The van der Waals surface area contributed by atoms with E-state index in [1.807, 2.05) is 13.0 Å². The normalized spacial score (nSPS) is 11.7. The number of hydrogen-bond donors (Lipinski definition) is 1. The Morgan fingerprint density at radius 3 is 2.78 bits per heavy atom. The first-order valence-corrected chi connectivity index (χ1v) is 6.07. The lowest BCUT2D eigenvalue weighted by Gasteiger charge is -2.18. The summed E-state index contributed by atoms with van der Waals surface area (Å²) >= 11 is 0. The molecule has 1 amide bonds. The van der Waals surface area contributed by atoms with E-state index in [1.165, 1.54) is 0 Å².